The molecule has 1 rings (SSSR count). The van der Waals surface area contributed by atoms with Crippen LogP contribution in [-0.2, 0) is 4.79 Å². The average Bonchev–Trinajstić information content (AvgIpc) is 2.15. The molecular formula is C9H18N2O2. The van der Waals surface area contributed by atoms with Gasteiger partial charge in [0.15, 0.2) is 0 Å². The van der Waals surface area contributed by atoms with E-state index in [4.69, 9.17) is 5.11 Å². The van der Waals surface area contributed by atoms with E-state index in [2.05, 4.69) is 5.32 Å². The smallest absolute Gasteiger partial charge is 0.219 e. The van der Waals surface area contributed by atoms with Crippen molar-refractivity contribution in [3.05, 3.63) is 0 Å². The number of carbonyl (C=O) groups is 1. The number of hydrogen-bond acceptors (Lipinski definition) is 3. The Bertz CT molecular complexity index is 167. The van der Waals surface area contributed by atoms with Gasteiger partial charge in [-0.25, -0.2) is 0 Å². The first-order chi connectivity index (χ1) is 6.25. The summed E-state index contributed by atoms with van der Waals surface area (Å²) in [5, 5.41) is 12.1. The predicted octanol–water partition coefficient (Wildman–Crippen LogP) is -0.421. The number of nitrogens with one attached hydrogen (secondary N) is 1. The maximum absolute atomic E-state index is 11.2. The second-order valence-electron chi connectivity index (χ2n) is 3.42. The van der Waals surface area contributed by atoms with Gasteiger partial charge in [0.1, 0.15) is 0 Å². The predicted molar refractivity (Wildman–Crippen MR) is 50.4 cm³/mol. The van der Waals surface area contributed by atoms with Gasteiger partial charge in [-0.2, -0.15) is 0 Å². The van der Waals surface area contributed by atoms with Crippen molar-refractivity contribution in [1.82, 2.24) is 10.2 Å². The molecule has 76 valence electrons. The number of hydrogen-bond donors (Lipinski definition) is 2. The van der Waals surface area contributed by atoms with E-state index in [1.54, 1.807) is 11.8 Å². The van der Waals surface area contributed by atoms with E-state index in [-0.39, 0.29) is 12.5 Å². The Morgan fingerprint density at radius 3 is 2.62 bits per heavy atom. The molecule has 0 unspecified atom stereocenters. The maximum atomic E-state index is 11.2. The van der Waals surface area contributed by atoms with E-state index in [9.17, 15) is 4.79 Å². The number of rotatable bonds is 3. The maximum Gasteiger partial charge on any atom is 0.219 e. The highest BCUT2D eigenvalue weighted by atomic mass is 16.3. The Morgan fingerprint density at radius 1 is 1.54 bits per heavy atom. The van der Waals surface area contributed by atoms with Gasteiger partial charge in [-0.15, -0.1) is 0 Å². The third-order valence-electron chi connectivity index (χ3n) is 2.49. The Balaban J connectivity index is 2.46. The Kier molecular flexibility index (Phi) is 4.18. The fourth-order valence-corrected chi connectivity index (χ4v) is 1.82. The number of piperidine rings is 1. The molecular weight excluding hydrogens is 168 g/mol. The van der Waals surface area contributed by atoms with E-state index < -0.39 is 0 Å². The third kappa shape index (κ3) is 2.97. The number of aliphatic hydroxyl groups is 1. The molecule has 0 radical (unpaired) electrons. The summed E-state index contributed by atoms with van der Waals surface area (Å²) in [7, 11) is 0. The van der Waals surface area contributed by atoms with Crippen LogP contribution in [0.4, 0.5) is 0 Å². The summed E-state index contributed by atoms with van der Waals surface area (Å²) in [6.07, 6.45) is 2.00. The molecule has 13 heavy (non-hydrogen) atoms. The number of aliphatic hydroxyl groups excluding tert-OH is 1. The molecule has 0 atom stereocenters. The Hall–Kier alpha value is -0.610. The molecule has 1 aliphatic rings. The lowest BCUT2D eigenvalue weighted by molar-refractivity contribution is -0.132. The van der Waals surface area contributed by atoms with Crippen LogP contribution in [0.1, 0.15) is 19.8 Å². The molecule has 1 heterocycles. The topological polar surface area (TPSA) is 52.6 Å². The summed E-state index contributed by atoms with van der Waals surface area (Å²) in [6, 6.07) is 0.325. The van der Waals surface area contributed by atoms with E-state index in [1.807, 2.05) is 0 Å². The molecule has 4 nitrogen and oxygen atoms in total. The van der Waals surface area contributed by atoms with Gasteiger partial charge in [0.2, 0.25) is 5.91 Å². The molecule has 4 heteroatoms. The molecule has 0 aromatic heterocycles. The van der Waals surface area contributed by atoms with Gasteiger partial charge in [-0.05, 0) is 25.9 Å². The zero-order valence-corrected chi connectivity index (χ0v) is 8.12. The minimum atomic E-state index is 0.0590. The zero-order valence-electron chi connectivity index (χ0n) is 8.12. The van der Waals surface area contributed by atoms with E-state index in [0.717, 1.165) is 25.9 Å². The minimum Gasteiger partial charge on any atom is -0.395 e. The molecule has 1 fully saturated rings. The van der Waals surface area contributed by atoms with Gasteiger partial charge in [0.05, 0.1) is 6.61 Å². The molecule has 0 aromatic rings. The first kappa shape index (κ1) is 10.5. The van der Waals surface area contributed by atoms with E-state index in [0.29, 0.717) is 12.6 Å². The molecule has 1 aliphatic heterocycles. The quantitative estimate of drug-likeness (QED) is 0.629. The van der Waals surface area contributed by atoms with E-state index in [1.165, 1.54) is 0 Å². The summed E-state index contributed by atoms with van der Waals surface area (Å²) in [5.74, 6) is 0.0703. The lowest BCUT2D eigenvalue weighted by Gasteiger charge is -2.33. The third-order valence-corrected chi connectivity index (χ3v) is 2.49. The highest BCUT2D eigenvalue weighted by Gasteiger charge is 2.21. The van der Waals surface area contributed by atoms with Gasteiger partial charge in [-0.3, -0.25) is 4.79 Å². The van der Waals surface area contributed by atoms with Gasteiger partial charge in [0, 0.05) is 19.5 Å². The van der Waals surface area contributed by atoms with Crippen LogP contribution in [0.15, 0.2) is 0 Å². The van der Waals surface area contributed by atoms with Gasteiger partial charge in [0.25, 0.3) is 0 Å². The fourth-order valence-electron chi connectivity index (χ4n) is 1.82. The SMILES string of the molecule is CC(=O)N(CCO)C1CCNCC1. The summed E-state index contributed by atoms with van der Waals surface area (Å²) in [6.45, 7) is 4.04. The minimum absolute atomic E-state index is 0.0590. The first-order valence-corrected chi connectivity index (χ1v) is 4.84. The molecule has 1 amide bonds. The summed E-state index contributed by atoms with van der Waals surface area (Å²) in [4.78, 5) is 13.0. The van der Waals surface area contributed by atoms with Crippen molar-refractivity contribution in [2.24, 2.45) is 0 Å². The van der Waals surface area contributed by atoms with Crippen LogP contribution >= 0.6 is 0 Å². The number of amides is 1. The second-order valence-corrected chi connectivity index (χ2v) is 3.42. The Labute approximate surface area is 78.9 Å². The number of nitrogens with zero attached hydrogens (tertiary/aromatic N) is 1. The van der Waals surface area contributed by atoms with Crippen LogP contribution in [-0.4, -0.2) is 48.2 Å². The highest BCUT2D eigenvalue weighted by Crippen LogP contribution is 2.11. The van der Waals surface area contributed by atoms with E-state index >= 15 is 0 Å². The van der Waals surface area contributed by atoms with Crippen LogP contribution in [0.25, 0.3) is 0 Å². The monoisotopic (exact) mass is 186 g/mol. The van der Waals surface area contributed by atoms with Crippen LogP contribution in [0.5, 0.6) is 0 Å². The highest BCUT2D eigenvalue weighted by molar-refractivity contribution is 5.73. The van der Waals surface area contributed by atoms with Crippen LogP contribution in [0.2, 0.25) is 0 Å². The normalized spacial score (nSPS) is 18.6. The van der Waals surface area contributed by atoms with Crippen LogP contribution in [0, 0.1) is 0 Å². The Morgan fingerprint density at radius 2 is 2.15 bits per heavy atom. The zero-order chi connectivity index (χ0) is 9.68. The largest absolute Gasteiger partial charge is 0.395 e. The van der Waals surface area contributed by atoms with Crippen molar-refractivity contribution in [2.45, 2.75) is 25.8 Å². The van der Waals surface area contributed by atoms with Crippen molar-refractivity contribution in [3.8, 4) is 0 Å². The summed E-state index contributed by atoms with van der Waals surface area (Å²) < 4.78 is 0. The average molecular weight is 186 g/mol. The molecule has 0 aliphatic carbocycles. The summed E-state index contributed by atoms with van der Waals surface area (Å²) in [5.41, 5.74) is 0. The van der Waals surface area contributed by atoms with Crippen molar-refractivity contribution in [3.63, 3.8) is 0 Å². The van der Waals surface area contributed by atoms with Crippen molar-refractivity contribution in [1.29, 1.82) is 0 Å². The lowest BCUT2D eigenvalue weighted by Crippen LogP contribution is -2.46. The first-order valence-electron chi connectivity index (χ1n) is 4.84. The van der Waals surface area contributed by atoms with Gasteiger partial charge in [-0.1, -0.05) is 0 Å². The van der Waals surface area contributed by atoms with Gasteiger partial charge >= 0.3 is 0 Å². The van der Waals surface area contributed by atoms with Gasteiger partial charge < -0.3 is 15.3 Å². The van der Waals surface area contributed by atoms with Crippen molar-refractivity contribution >= 4 is 5.91 Å². The molecule has 0 bridgehead atoms. The van der Waals surface area contributed by atoms with Crippen LogP contribution in [0.3, 0.4) is 0 Å². The fraction of sp³-hybridized carbons (Fsp3) is 0.889. The summed E-state index contributed by atoms with van der Waals surface area (Å²) >= 11 is 0. The van der Waals surface area contributed by atoms with Crippen molar-refractivity contribution < 1.29 is 9.90 Å². The molecule has 0 saturated carbocycles. The van der Waals surface area contributed by atoms with Crippen LogP contribution < -0.4 is 5.32 Å². The second kappa shape index (κ2) is 5.19. The number of carbonyl (C=O) groups excluding carboxylic acids is 1. The molecule has 2 N–H and O–H groups in total. The lowest BCUT2D eigenvalue weighted by atomic mass is 10.0. The van der Waals surface area contributed by atoms with Crippen molar-refractivity contribution in [2.75, 3.05) is 26.2 Å². The molecule has 0 aromatic carbocycles. The molecule has 1 saturated heterocycles. The standard InChI is InChI=1S/C9H18N2O2/c1-8(13)11(6-7-12)9-2-4-10-5-3-9/h9-10,12H,2-7H2,1H3. The molecule has 0 spiro atoms.